The first-order valence-corrected chi connectivity index (χ1v) is 9.86. The molecular formula is C18H18O2SSe. The van der Waals surface area contributed by atoms with Crippen molar-refractivity contribution in [2.45, 2.75) is 27.3 Å². The van der Waals surface area contributed by atoms with Gasteiger partial charge in [-0.1, -0.05) is 0 Å². The van der Waals surface area contributed by atoms with Gasteiger partial charge >= 0.3 is 142 Å². The topological polar surface area (TPSA) is 26.3 Å². The predicted molar refractivity (Wildman–Crippen MR) is 91.9 cm³/mol. The van der Waals surface area contributed by atoms with E-state index in [-0.39, 0.29) is 30.5 Å². The quantitative estimate of drug-likeness (QED) is 0.439. The van der Waals surface area contributed by atoms with Crippen LogP contribution in [0.4, 0.5) is 0 Å². The first kappa shape index (κ1) is 15.7. The van der Waals surface area contributed by atoms with Crippen LogP contribution in [0.1, 0.15) is 12.8 Å². The molecule has 2 nitrogen and oxygen atoms in total. The van der Waals surface area contributed by atoms with Crippen molar-refractivity contribution in [1.82, 2.24) is 0 Å². The van der Waals surface area contributed by atoms with Crippen LogP contribution in [-0.4, -0.2) is 33.3 Å². The first-order valence-electron chi connectivity index (χ1n) is 7.27. The molecule has 1 aliphatic rings. The number of ether oxygens (including phenoxy) is 1. The van der Waals surface area contributed by atoms with E-state index in [0.717, 1.165) is 17.7 Å². The molecule has 22 heavy (non-hydrogen) atoms. The Labute approximate surface area is 141 Å². The maximum atomic E-state index is 12.4. The van der Waals surface area contributed by atoms with E-state index in [1.165, 1.54) is 11.6 Å². The molecule has 0 radical (unpaired) electrons. The average Bonchev–Trinajstić information content (AvgIpc) is 3.34. The molecule has 0 N–H and O–H groups in total. The van der Waals surface area contributed by atoms with Gasteiger partial charge in [-0.2, -0.15) is 0 Å². The molecule has 1 aliphatic carbocycles. The normalized spacial score (nSPS) is 16.8. The molecule has 0 amide bonds. The third kappa shape index (κ3) is 3.57. The number of carbonyl (C=O) groups excluding carboxylic acids is 1. The molecule has 1 atom stereocenters. The molecular weight excluding hydrogens is 359 g/mol. The van der Waals surface area contributed by atoms with Crippen molar-refractivity contribution in [2.75, 3.05) is 7.11 Å². The van der Waals surface area contributed by atoms with Crippen LogP contribution < -0.4 is 4.46 Å². The van der Waals surface area contributed by atoms with Crippen LogP contribution in [0.15, 0.2) is 65.6 Å². The summed E-state index contributed by atoms with van der Waals surface area (Å²) in [5.41, 5.74) is 0. The minimum atomic E-state index is -0.111. The molecule has 0 spiro atoms. The van der Waals surface area contributed by atoms with E-state index in [9.17, 15) is 4.79 Å². The van der Waals surface area contributed by atoms with Gasteiger partial charge in [-0.05, 0) is 0 Å². The molecule has 2 aromatic carbocycles. The Morgan fingerprint density at radius 3 is 2.23 bits per heavy atom. The van der Waals surface area contributed by atoms with Crippen LogP contribution in [0.2, 0.25) is 4.31 Å². The van der Waals surface area contributed by atoms with Crippen molar-refractivity contribution in [2.24, 2.45) is 0 Å². The Kier molecular flexibility index (Phi) is 4.92. The third-order valence-corrected chi connectivity index (χ3v) is 8.73. The summed E-state index contributed by atoms with van der Waals surface area (Å²) in [5.74, 6) is -0.0934. The number of rotatable bonds is 6. The van der Waals surface area contributed by atoms with E-state index in [0.29, 0.717) is 0 Å². The molecule has 0 aliphatic heterocycles. The fraction of sp³-hybridized carbons (Fsp3) is 0.278. The van der Waals surface area contributed by atoms with Crippen molar-refractivity contribution in [1.29, 1.82) is 0 Å². The molecule has 0 aromatic heterocycles. The van der Waals surface area contributed by atoms with Crippen LogP contribution in [0, 0.1) is 0 Å². The molecule has 2 aromatic rings. The summed E-state index contributed by atoms with van der Waals surface area (Å²) in [7, 11) is 1.49. The van der Waals surface area contributed by atoms with Crippen molar-refractivity contribution in [3.8, 4) is 0 Å². The Balaban J connectivity index is 1.81. The fourth-order valence-electron chi connectivity index (χ4n) is 2.38. The standard InChI is InChI=1S/C18H18O2SSe/c1-20-17(19)16(21-14-8-4-2-5-9-14)18(12-13-18)22-15-10-6-3-7-11-15/h2-11,16H,12-13H2,1H3. The fourth-order valence-corrected chi connectivity index (χ4v) is 6.83. The number of hydrogen-bond donors (Lipinski definition) is 0. The summed E-state index contributed by atoms with van der Waals surface area (Å²) in [6.07, 6.45) is 2.23. The number of hydrogen-bond acceptors (Lipinski definition) is 3. The monoisotopic (exact) mass is 378 g/mol. The van der Waals surface area contributed by atoms with Gasteiger partial charge in [-0.3, -0.25) is 0 Å². The second kappa shape index (κ2) is 6.91. The minimum absolute atomic E-state index is 0.0934. The van der Waals surface area contributed by atoms with Gasteiger partial charge in [0, 0.05) is 0 Å². The van der Waals surface area contributed by atoms with Crippen LogP contribution in [0.25, 0.3) is 0 Å². The van der Waals surface area contributed by atoms with Gasteiger partial charge in [0.2, 0.25) is 0 Å². The van der Waals surface area contributed by atoms with Gasteiger partial charge in [0.15, 0.2) is 0 Å². The molecule has 0 heterocycles. The zero-order chi connectivity index (χ0) is 15.4. The van der Waals surface area contributed by atoms with Crippen molar-refractivity contribution in [3.05, 3.63) is 60.7 Å². The summed E-state index contributed by atoms with van der Waals surface area (Å²) in [4.78, 5) is 13.5. The van der Waals surface area contributed by atoms with Gasteiger partial charge in [0.1, 0.15) is 0 Å². The van der Waals surface area contributed by atoms with Gasteiger partial charge < -0.3 is 0 Å². The van der Waals surface area contributed by atoms with Crippen LogP contribution in [0.3, 0.4) is 0 Å². The molecule has 1 fully saturated rings. The van der Waals surface area contributed by atoms with Crippen LogP contribution in [0.5, 0.6) is 0 Å². The Hall–Kier alpha value is -1.22. The summed E-state index contributed by atoms with van der Waals surface area (Å²) in [6.45, 7) is 0. The molecule has 0 saturated heterocycles. The number of esters is 1. The molecule has 1 saturated carbocycles. The molecule has 1 unspecified atom stereocenters. The first-order chi connectivity index (χ1) is 10.7. The summed E-state index contributed by atoms with van der Waals surface area (Å²) >= 11 is 1.94. The average molecular weight is 377 g/mol. The van der Waals surface area contributed by atoms with Crippen molar-refractivity contribution in [3.63, 3.8) is 0 Å². The van der Waals surface area contributed by atoms with E-state index in [2.05, 4.69) is 36.4 Å². The zero-order valence-electron chi connectivity index (χ0n) is 12.4. The van der Waals surface area contributed by atoms with Crippen LogP contribution in [-0.2, 0) is 9.53 Å². The number of thioether (sulfide) groups is 1. The van der Waals surface area contributed by atoms with E-state index >= 15 is 0 Å². The summed E-state index contributed by atoms with van der Waals surface area (Å²) in [5, 5.41) is -0.111. The van der Waals surface area contributed by atoms with E-state index in [1.807, 2.05) is 24.3 Å². The van der Waals surface area contributed by atoms with Crippen molar-refractivity contribution >= 4 is 37.1 Å². The Bertz CT molecular complexity index is 626. The van der Waals surface area contributed by atoms with E-state index in [1.54, 1.807) is 11.8 Å². The summed E-state index contributed by atoms with van der Waals surface area (Å²) in [6, 6.07) is 20.7. The molecule has 3 rings (SSSR count). The molecule has 0 bridgehead atoms. The Morgan fingerprint density at radius 2 is 1.68 bits per heavy atom. The third-order valence-electron chi connectivity index (χ3n) is 3.70. The number of methoxy groups -OCH3 is 1. The van der Waals surface area contributed by atoms with E-state index < -0.39 is 0 Å². The number of carbonyl (C=O) groups is 1. The van der Waals surface area contributed by atoms with Gasteiger partial charge in [0.05, 0.1) is 0 Å². The molecule has 114 valence electrons. The Morgan fingerprint density at radius 1 is 1.09 bits per heavy atom. The van der Waals surface area contributed by atoms with E-state index in [4.69, 9.17) is 4.74 Å². The molecule has 4 heteroatoms. The van der Waals surface area contributed by atoms with Gasteiger partial charge in [-0.15, -0.1) is 0 Å². The maximum absolute atomic E-state index is 12.4. The second-order valence-electron chi connectivity index (χ2n) is 5.31. The second-order valence-corrected chi connectivity index (χ2v) is 9.62. The zero-order valence-corrected chi connectivity index (χ0v) is 14.9. The predicted octanol–water partition coefficient (Wildman–Crippen LogP) is 3.30. The summed E-state index contributed by atoms with van der Waals surface area (Å²) < 4.78 is 6.55. The van der Waals surface area contributed by atoms with Gasteiger partial charge in [0.25, 0.3) is 0 Å². The van der Waals surface area contributed by atoms with Crippen LogP contribution >= 0.6 is 11.8 Å². The van der Waals surface area contributed by atoms with Crippen molar-refractivity contribution < 1.29 is 9.53 Å². The van der Waals surface area contributed by atoms with Gasteiger partial charge in [-0.25, -0.2) is 0 Å². The SMILES string of the molecule is COC(=O)C(Sc1ccccc1)C1([Se]c2ccccc2)CC1. The number of benzene rings is 2.